The van der Waals surface area contributed by atoms with Crippen LogP contribution in [-0.2, 0) is 11.3 Å². The zero-order valence-electron chi connectivity index (χ0n) is 13.1. The third-order valence-corrected chi connectivity index (χ3v) is 4.09. The van der Waals surface area contributed by atoms with E-state index in [1.165, 1.54) is 0 Å². The van der Waals surface area contributed by atoms with Crippen molar-refractivity contribution in [2.75, 3.05) is 6.54 Å². The maximum Gasteiger partial charge on any atom is 0.220 e. The van der Waals surface area contributed by atoms with Crippen molar-refractivity contribution in [1.29, 1.82) is 0 Å². The number of rotatable bonds is 4. The zero-order valence-corrected chi connectivity index (χ0v) is 13.1. The van der Waals surface area contributed by atoms with Gasteiger partial charge in [0.05, 0.1) is 17.4 Å². The van der Waals surface area contributed by atoms with E-state index in [2.05, 4.69) is 22.0 Å². The van der Waals surface area contributed by atoms with Gasteiger partial charge in [-0.3, -0.25) is 19.4 Å². The van der Waals surface area contributed by atoms with Gasteiger partial charge in [0.25, 0.3) is 0 Å². The van der Waals surface area contributed by atoms with E-state index in [9.17, 15) is 4.79 Å². The molecule has 2 aromatic heterocycles. The molecule has 1 fully saturated rings. The van der Waals surface area contributed by atoms with Crippen LogP contribution in [0.15, 0.2) is 24.7 Å². The molecule has 0 saturated carbocycles. The molecular weight excluding hydrogens is 278 g/mol. The molecule has 3 heterocycles. The fourth-order valence-corrected chi connectivity index (χ4v) is 3.14. The summed E-state index contributed by atoms with van der Waals surface area (Å²) in [6.07, 6.45) is 8.15. The van der Waals surface area contributed by atoms with Crippen molar-refractivity contribution in [2.45, 2.75) is 45.7 Å². The lowest BCUT2D eigenvalue weighted by molar-refractivity contribution is -0.129. The highest BCUT2D eigenvalue weighted by Crippen LogP contribution is 2.35. The Morgan fingerprint density at radius 3 is 2.91 bits per heavy atom. The minimum Gasteiger partial charge on any atom is -0.334 e. The van der Waals surface area contributed by atoms with Gasteiger partial charge in [-0.1, -0.05) is 6.92 Å². The number of likely N-dealkylation sites (tertiary alicyclic amines) is 1. The highest BCUT2D eigenvalue weighted by Gasteiger charge is 2.31. The predicted molar refractivity (Wildman–Crippen MR) is 82.9 cm³/mol. The fourth-order valence-electron chi connectivity index (χ4n) is 3.14. The van der Waals surface area contributed by atoms with Gasteiger partial charge in [-0.25, -0.2) is 0 Å². The van der Waals surface area contributed by atoms with Gasteiger partial charge >= 0.3 is 0 Å². The Bertz CT molecular complexity index is 666. The Hall–Kier alpha value is -2.24. The lowest BCUT2D eigenvalue weighted by Crippen LogP contribution is -2.29. The quantitative estimate of drug-likeness (QED) is 0.870. The van der Waals surface area contributed by atoms with Crippen molar-refractivity contribution in [3.05, 3.63) is 30.4 Å². The molecule has 1 saturated heterocycles. The van der Waals surface area contributed by atoms with Gasteiger partial charge in [0.15, 0.2) is 0 Å². The number of aromatic nitrogens is 4. The second kappa shape index (κ2) is 6.25. The van der Waals surface area contributed by atoms with Crippen LogP contribution in [0, 0.1) is 0 Å². The molecule has 0 N–H and O–H groups in total. The number of amides is 1. The summed E-state index contributed by atoms with van der Waals surface area (Å²) in [7, 11) is 0. The van der Waals surface area contributed by atoms with Crippen LogP contribution < -0.4 is 0 Å². The van der Waals surface area contributed by atoms with Gasteiger partial charge in [-0.15, -0.1) is 0 Å². The highest BCUT2D eigenvalue weighted by atomic mass is 16.2. The molecule has 0 radical (unpaired) electrons. The number of aryl methyl sites for hydroxylation is 1. The van der Waals surface area contributed by atoms with Gasteiger partial charge in [-0.2, -0.15) is 5.10 Å². The Kier molecular flexibility index (Phi) is 4.18. The van der Waals surface area contributed by atoms with Gasteiger partial charge in [0.1, 0.15) is 5.69 Å². The number of carbonyl (C=O) groups excluding carboxylic acids is 1. The Labute approximate surface area is 130 Å². The lowest BCUT2D eigenvalue weighted by atomic mass is 10.1. The second-order valence-electron chi connectivity index (χ2n) is 5.60. The van der Waals surface area contributed by atoms with Crippen LogP contribution in [0.5, 0.6) is 0 Å². The third kappa shape index (κ3) is 2.61. The van der Waals surface area contributed by atoms with Crippen LogP contribution in [0.3, 0.4) is 0 Å². The summed E-state index contributed by atoms with van der Waals surface area (Å²) in [5.41, 5.74) is 2.69. The molecule has 1 aliphatic heterocycles. The van der Waals surface area contributed by atoms with Crippen molar-refractivity contribution < 1.29 is 4.79 Å². The first-order valence-corrected chi connectivity index (χ1v) is 7.82. The second-order valence-corrected chi connectivity index (χ2v) is 5.60. The summed E-state index contributed by atoms with van der Waals surface area (Å²) in [4.78, 5) is 22.8. The third-order valence-electron chi connectivity index (χ3n) is 4.09. The van der Waals surface area contributed by atoms with E-state index in [4.69, 9.17) is 0 Å². The summed E-state index contributed by atoms with van der Waals surface area (Å²) in [6.45, 7) is 5.39. The molecule has 116 valence electrons. The summed E-state index contributed by atoms with van der Waals surface area (Å²) in [5.74, 6) is 0.0983. The van der Waals surface area contributed by atoms with Gasteiger partial charge in [-0.05, 0) is 25.3 Å². The molecule has 1 atom stereocenters. The van der Waals surface area contributed by atoms with Gasteiger partial charge < -0.3 is 4.90 Å². The first-order valence-electron chi connectivity index (χ1n) is 7.82. The average Bonchev–Trinajstić information content (AvgIpc) is 3.16. The van der Waals surface area contributed by atoms with E-state index < -0.39 is 0 Å². The van der Waals surface area contributed by atoms with Crippen LogP contribution in [0.1, 0.15) is 44.8 Å². The number of hydrogen-bond donors (Lipinski definition) is 0. The van der Waals surface area contributed by atoms with Crippen LogP contribution >= 0.6 is 0 Å². The van der Waals surface area contributed by atoms with Crippen molar-refractivity contribution in [3.8, 4) is 11.4 Å². The van der Waals surface area contributed by atoms with Crippen molar-refractivity contribution >= 4 is 5.91 Å². The maximum absolute atomic E-state index is 11.9. The number of carbonyl (C=O) groups is 1. The molecule has 6 heteroatoms. The molecule has 3 rings (SSSR count). The Balaban J connectivity index is 2.03. The summed E-state index contributed by atoms with van der Waals surface area (Å²) < 4.78 is 1.96. The minimum atomic E-state index is 0.0196. The molecular formula is C16H21N5O. The van der Waals surface area contributed by atoms with E-state index in [0.29, 0.717) is 0 Å². The van der Waals surface area contributed by atoms with E-state index in [1.807, 2.05) is 15.6 Å². The molecule has 2 aromatic rings. The molecule has 1 aliphatic rings. The molecule has 22 heavy (non-hydrogen) atoms. The normalized spacial score (nSPS) is 17.9. The summed E-state index contributed by atoms with van der Waals surface area (Å²) in [5, 5.41) is 4.37. The fraction of sp³-hybridized carbons (Fsp3) is 0.500. The highest BCUT2D eigenvalue weighted by molar-refractivity contribution is 5.74. The molecule has 0 unspecified atom stereocenters. The van der Waals surface area contributed by atoms with Gasteiger partial charge in [0.2, 0.25) is 5.91 Å². The van der Waals surface area contributed by atoms with Crippen molar-refractivity contribution in [2.24, 2.45) is 0 Å². The molecule has 0 aliphatic carbocycles. The van der Waals surface area contributed by atoms with Gasteiger partial charge in [0, 0.05) is 38.6 Å². The summed E-state index contributed by atoms with van der Waals surface area (Å²) in [6, 6.07) is 1.99. The molecule has 6 nitrogen and oxygen atoms in total. The zero-order chi connectivity index (χ0) is 15.5. The first-order chi connectivity index (χ1) is 10.7. The summed E-state index contributed by atoms with van der Waals surface area (Å²) >= 11 is 0. The van der Waals surface area contributed by atoms with E-state index in [-0.39, 0.29) is 11.9 Å². The SMILES string of the molecule is CCCn1nccc1-c1nccnc1[C@H]1CCCN1C(C)=O. The Morgan fingerprint density at radius 1 is 1.32 bits per heavy atom. The van der Waals surface area contributed by atoms with Crippen LogP contribution in [0.2, 0.25) is 0 Å². The average molecular weight is 299 g/mol. The van der Waals surface area contributed by atoms with Crippen LogP contribution in [-0.4, -0.2) is 37.1 Å². The predicted octanol–water partition coefficient (Wildman–Crippen LogP) is 2.43. The molecule has 0 spiro atoms. The van der Waals surface area contributed by atoms with Crippen LogP contribution in [0.4, 0.5) is 0 Å². The van der Waals surface area contributed by atoms with Crippen molar-refractivity contribution in [3.63, 3.8) is 0 Å². The topological polar surface area (TPSA) is 63.9 Å². The van der Waals surface area contributed by atoms with E-state index >= 15 is 0 Å². The molecule has 1 amide bonds. The number of nitrogens with zero attached hydrogens (tertiary/aromatic N) is 5. The minimum absolute atomic E-state index is 0.0196. The number of hydrogen-bond acceptors (Lipinski definition) is 4. The smallest absolute Gasteiger partial charge is 0.220 e. The van der Waals surface area contributed by atoms with Crippen molar-refractivity contribution in [1.82, 2.24) is 24.6 Å². The van der Waals surface area contributed by atoms with E-state index in [0.717, 1.165) is 49.4 Å². The molecule has 0 aromatic carbocycles. The standard InChI is InChI=1S/C16H21N5O/c1-3-10-21-14(6-7-19-21)16-15(17-8-9-18-16)13-5-4-11-20(13)12(2)22/h6-9,13H,3-5,10-11H2,1-2H3/t13-/m1/s1. The molecule has 0 bridgehead atoms. The lowest BCUT2D eigenvalue weighted by Gasteiger charge is -2.24. The monoisotopic (exact) mass is 299 g/mol. The van der Waals surface area contributed by atoms with E-state index in [1.54, 1.807) is 25.5 Å². The van der Waals surface area contributed by atoms with Crippen LogP contribution in [0.25, 0.3) is 11.4 Å². The first kappa shape index (κ1) is 14.7. The Morgan fingerprint density at radius 2 is 2.14 bits per heavy atom. The largest absolute Gasteiger partial charge is 0.334 e. The maximum atomic E-state index is 11.9.